The fraction of sp³-hybridized carbons (Fsp3) is 0.333. The van der Waals surface area contributed by atoms with Crippen molar-refractivity contribution >= 4 is 15.5 Å². The first kappa shape index (κ1) is 12.8. The van der Waals surface area contributed by atoms with Crippen LogP contribution in [0.15, 0.2) is 18.2 Å². The van der Waals surface area contributed by atoms with Gasteiger partial charge in [-0.3, -0.25) is 0 Å². The van der Waals surface area contributed by atoms with E-state index in [0.717, 1.165) is 18.4 Å². The molecule has 0 aliphatic rings. The van der Waals surface area contributed by atoms with Crippen LogP contribution in [0.1, 0.15) is 11.1 Å². The molecule has 0 amide bonds. The molecule has 0 saturated heterocycles. The molecule has 1 rings (SSSR count). The van der Waals surface area contributed by atoms with Crippen molar-refractivity contribution in [3.8, 4) is 0 Å². The van der Waals surface area contributed by atoms with Crippen molar-refractivity contribution in [1.82, 2.24) is 0 Å². The molecule has 0 aromatic heterocycles. The zero-order chi connectivity index (χ0) is 12.6. The number of benzene rings is 1. The summed E-state index contributed by atoms with van der Waals surface area (Å²) in [6.07, 6.45) is -3.72. The molecule has 0 atom stereocenters. The molecule has 0 aliphatic carbocycles. The number of halogens is 3. The quantitative estimate of drug-likeness (QED) is 0.818. The highest BCUT2D eigenvalue weighted by atomic mass is 32.2. The number of hydrogen-bond acceptors (Lipinski definition) is 3. The minimum Gasteiger partial charge on any atom is -0.399 e. The molecule has 0 saturated carbocycles. The van der Waals surface area contributed by atoms with E-state index < -0.39 is 27.3 Å². The maximum atomic E-state index is 12.6. The van der Waals surface area contributed by atoms with Crippen molar-refractivity contribution in [2.75, 3.05) is 12.0 Å². The number of alkyl halides is 3. The molecule has 0 bridgehead atoms. The van der Waals surface area contributed by atoms with E-state index in [9.17, 15) is 21.6 Å². The van der Waals surface area contributed by atoms with Crippen LogP contribution in [0.2, 0.25) is 0 Å². The maximum absolute atomic E-state index is 12.6. The largest absolute Gasteiger partial charge is 0.416 e. The van der Waals surface area contributed by atoms with Crippen molar-refractivity contribution < 1.29 is 21.6 Å². The lowest BCUT2D eigenvalue weighted by atomic mass is 10.1. The van der Waals surface area contributed by atoms with Gasteiger partial charge in [0.05, 0.1) is 11.3 Å². The van der Waals surface area contributed by atoms with Gasteiger partial charge in [0.2, 0.25) is 0 Å². The third-order valence-electron chi connectivity index (χ3n) is 1.86. The Kier molecular flexibility index (Phi) is 3.18. The van der Waals surface area contributed by atoms with Gasteiger partial charge in [-0.05, 0) is 17.7 Å². The van der Waals surface area contributed by atoms with Gasteiger partial charge in [-0.15, -0.1) is 0 Å². The van der Waals surface area contributed by atoms with E-state index in [0.29, 0.717) is 0 Å². The molecule has 3 nitrogen and oxygen atoms in total. The van der Waals surface area contributed by atoms with E-state index in [2.05, 4.69) is 0 Å². The first-order valence-corrected chi connectivity index (χ1v) is 6.29. The van der Waals surface area contributed by atoms with E-state index >= 15 is 0 Å². The molecule has 0 fully saturated rings. The summed E-state index contributed by atoms with van der Waals surface area (Å²) >= 11 is 0. The van der Waals surface area contributed by atoms with E-state index in [4.69, 9.17) is 5.73 Å². The fourth-order valence-electron chi connectivity index (χ4n) is 1.27. The van der Waals surface area contributed by atoms with Crippen molar-refractivity contribution in [1.29, 1.82) is 0 Å². The standard InChI is InChI=1S/C9H10F3NO2S/c1-16(14,15)5-6-2-3-7(13)4-8(6)9(10,11)12/h2-4H,5,13H2,1H3. The third-order valence-corrected chi connectivity index (χ3v) is 2.69. The van der Waals surface area contributed by atoms with Crippen molar-refractivity contribution in [2.45, 2.75) is 11.9 Å². The minimum absolute atomic E-state index is 0.0513. The first-order chi connectivity index (χ1) is 7.09. The SMILES string of the molecule is CS(=O)(=O)Cc1ccc(N)cc1C(F)(F)F. The van der Waals surface area contributed by atoms with Gasteiger partial charge < -0.3 is 5.73 Å². The van der Waals surface area contributed by atoms with Crippen molar-refractivity contribution in [2.24, 2.45) is 0 Å². The van der Waals surface area contributed by atoms with Gasteiger partial charge in [0, 0.05) is 11.9 Å². The monoisotopic (exact) mass is 253 g/mol. The van der Waals surface area contributed by atoms with Gasteiger partial charge in [-0.1, -0.05) is 6.07 Å². The van der Waals surface area contributed by atoms with Gasteiger partial charge in [-0.2, -0.15) is 13.2 Å². The maximum Gasteiger partial charge on any atom is 0.416 e. The molecule has 0 radical (unpaired) electrons. The molecule has 7 heteroatoms. The normalized spacial score (nSPS) is 12.8. The van der Waals surface area contributed by atoms with Crippen LogP contribution in [0.3, 0.4) is 0 Å². The van der Waals surface area contributed by atoms with E-state index in [1.165, 1.54) is 6.07 Å². The Bertz CT molecular complexity index is 494. The molecule has 1 aromatic carbocycles. The molecule has 0 heterocycles. The van der Waals surface area contributed by atoms with Crippen LogP contribution in [-0.4, -0.2) is 14.7 Å². The Morgan fingerprint density at radius 3 is 2.31 bits per heavy atom. The summed E-state index contributed by atoms with van der Waals surface area (Å²) in [5, 5.41) is 0. The van der Waals surface area contributed by atoms with Crippen LogP contribution >= 0.6 is 0 Å². The Morgan fingerprint density at radius 2 is 1.88 bits per heavy atom. The van der Waals surface area contributed by atoms with Gasteiger partial charge in [-0.25, -0.2) is 8.42 Å². The fourth-order valence-corrected chi connectivity index (χ4v) is 2.08. The van der Waals surface area contributed by atoms with Gasteiger partial charge in [0.25, 0.3) is 0 Å². The van der Waals surface area contributed by atoms with Gasteiger partial charge >= 0.3 is 6.18 Å². The summed E-state index contributed by atoms with van der Waals surface area (Å²) in [7, 11) is -3.51. The van der Waals surface area contributed by atoms with Crippen LogP contribution in [0.25, 0.3) is 0 Å². The van der Waals surface area contributed by atoms with Crippen molar-refractivity contribution in [3.63, 3.8) is 0 Å². The number of nitrogen functional groups attached to an aromatic ring is 1. The Labute approximate surface area is 91.0 Å². The second-order valence-electron chi connectivity index (χ2n) is 3.48. The minimum atomic E-state index is -4.60. The number of sulfone groups is 1. The predicted molar refractivity (Wildman–Crippen MR) is 54.4 cm³/mol. The van der Waals surface area contributed by atoms with Crippen LogP contribution in [0.5, 0.6) is 0 Å². The van der Waals surface area contributed by atoms with Gasteiger partial charge in [0.15, 0.2) is 9.84 Å². The predicted octanol–water partition coefficient (Wildman–Crippen LogP) is 1.83. The van der Waals surface area contributed by atoms with E-state index in [1.54, 1.807) is 0 Å². The highest BCUT2D eigenvalue weighted by molar-refractivity contribution is 7.89. The number of anilines is 1. The second kappa shape index (κ2) is 3.97. The van der Waals surface area contributed by atoms with Crippen LogP contribution in [0.4, 0.5) is 18.9 Å². The smallest absolute Gasteiger partial charge is 0.399 e. The molecule has 0 spiro atoms. The highest BCUT2D eigenvalue weighted by Crippen LogP contribution is 2.33. The average molecular weight is 253 g/mol. The molecule has 0 unspecified atom stereocenters. The Morgan fingerprint density at radius 1 is 1.31 bits per heavy atom. The zero-order valence-electron chi connectivity index (χ0n) is 8.38. The summed E-state index contributed by atoms with van der Waals surface area (Å²) in [6.45, 7) is 0. The summed E-state index contributed by atoms with van der Waals surface area (Å²) in [5.74, 6) is -0.651. The lowest BCUT2D eigenvalue weighted by molar-refractivity contribution is -0.138. The topological polar surface area (TPSA) is 60.2 Å². The molecule has 2 N–H and O–H groups in total. The Balaban J connectivity index is 3.29. The number of rotatable bonds is 2. The second-order valence-corrected chi connectivity index (χ2v) is 5.62. The number of nitrogens with two attached hydrogens (primary N) is 1. The summed E-state index contributed by atoms with van der Waals surface area (Å²) in [4.78, 5) is 0. The zero-order valence-corrected chi connectivity index (χ0v) is 9.19. The summed E-state index contributed by atoms with van der Waals surface area (Å²) in [6, 6.07) is 3.06. The summed E-state index contributed by atoms with van der Waals surface area (Å²) < 4.78 is 59.6. The highest BCUT2D eigenvalue weighted by Gasteiger charge is 2.34. The van der Waals surface area contributed by atoms with Crippen LogP contribution in [-0.2, 0) is 21.8 Å². The molecule has 1 aromatic rings. The van der Waals surface area contributed by atoms with Crippen LogP contribution < -0.4 is 5.73 Å². The number of hydrogen-bond donors (Lipinski definition) is 1. The average Bonchev–Trinajstić information content (AvgIpc) is 2.04. The third kappa shape index (κ3) is 3.41. The lowest BCUT2D eigenvalue weighted by Crippen LogP contribution is -2.12. The molecular formula is C9H10F3NO2S. The Hall–Kier alpha value is -1.24. The van der Waals surface area contributed by atoms with Gasteiger partial charge in [0.1, 0.15) is 0 Å². The summed E-state index contributed by atoms with van der Waals surface area (Å²) in [5.41, 5.74) is 3.90. The van der Waals surface area contributed by atoms with Crippen LogP contribution in [0, 0.1) is 0 Å². The first-order valence-electron chi connectivity index (χ1n) is 4.23. The lowest BCUT2D eigenvalue weighted by Gasteiger charge is -2.12. The van der Waals surface area contributed by atoms with E-state index in [1.807, 2.05) is 0 Å². The molecule has 16 heavy (non-hydrogen) atoms. The molecule has 0 aliphatic heterocycles. The molecular weight excluding hydrogens is 243 g/mol. The molecule has 90 valence electrons. The van der Waals surface area contributed by atoms with Crippen molar-refractivity contribution in [3.05, 3.63) is 29.3 Å². The van der Waals surface area contributed by atoms with E-state index in [-0.39, 0.29) is 11.3 Å².